The fourth-order valence-electron chi connectivity index (χ4n) is 3.73. The van der Waals surface area contributed by atoms with E-state index in [2.05, 4.69) is 10.3 Å². The summed E-state index contributed by atoms with van der Waals surface area (Å²) < 4.78 is 5.06. The van der Waals surface area contributed by atoms with Crippen LogP contribution >= 0.6 is 0 Å². The van der Waals surface area contributed by atoms with E-state index in [0.29, 0.717) is 54.5 Å². The number of carbonyl (C=O) groups excluding carboxylic acids is 3. The zero-order valence-electron chi connectivity index (χ0n) is 18.3. The van der Waals surface area contributed by atoms with Gasteiger partial charge in [0.05, 0.1) is 12.2 Å². The van der Waals surface area contributed by atoms with E-state index in [9.17, 15) is 14.4 Å². The molecule has 1 aromatic rings. The van der Waals surface area contributed by atoms with Crippen molar-refractivity contribution >= 4 is 17.8 Å². The molecular formula is C21H34N4O4. The van der Waals surface area contributed by atoms with Gasteiger partial charge in [-0.05, 0) is 59.2 Å². The van der Waals surface area contributed by atoms with Crippen molar-refractivity contribution < 1.29 is 19.1 Å². The van der Waals surface area contributed by atoms with Gasteiger partial charge in [0.15, 0.2) is 0 Å². The summed E-state index contributed by atoms with van der Waals surface area (Å²) in [6.45, 7) is 8.32. The van der Waals surface area contributed by atoms with Gasteiger partial charge < -0.3 is 24.8 Å². The van der Waals surface area contributed by atoms with E-state index in [0.717, 1.165) is 19.4 Å². The van der Waals surface area contributed by atoms with Crippen molar-refractivity contribution in [3.63, 3.8) is 0 Å². The van der Waals surface area contributed by atoms with Gasteiger partial charge in [-0.25, -0.2) is 4.79 Å². The van der Waals surface area contributed by atoms with Crippen molar-refractivity contribution in [2.24, 2.45) is 5.92 Å². The van der Waals surface area contributed by atoms with E-state index in [1.54, 1.807) is 20.8 Å². The van der Waals surface area contributed by atoms with Gasteiger partial charge in [-0.1, -0.05) is 0 Å². The third-order valence-corrected chi connectivity index (χ3v) is 5.39. The number of likely N-dealkylation sites (tertiary alicyclic amines) is 1. The molecule has 162 valence electrons. The normalized spacial score (nSPS) is 14.9. The molecule has 2 rings (SSSR count). The van der Waals surface area contributed by atoms with Crippen molar-refractivity contribution in [2.75, 3.05) is 46.9 Å². The molecule has 0 saturated carbocycles. The standard InChI is InChI=1S/C21H34N4O4/c1-6-29-21(28)19-14(2)18(15(3)23-19)20(27)25-10-7-16(8-11-25)13-17(26)22-9-12-24(4)5/h16,23H,6-13H2,1-5H3,(H,22,26). The van der Waals surface area contributed by atoms with Gasteiger partial charge in [0, 0.05) is 38.3 Å². The number of aromatic amines is 1. The molecule has 1 aliphatic rings. The smallest absolute Gasteiger partial charge is 0.355 e. The highest BCUT2D eigenvalue weighted by molar-refractivity contribution is 6.01. The highest BCUT2D eigenvalue weighted by Gasteiger charge is 2.29. The van der Waals surface area contributed by atoms with E-state index < -0.39 is 5.97 Å². The van der Waals surface area contributed by atoms with Gasteiger partial charge in [-0.3, -0.25) is 9.59 Å². The molecular weight excluding hydrogens is 372 g/mol. The number of amides is 2. The molecule has 0 bridgehead atoms. The topological polar surface area (TPSA) is 94.7 Å². The Bertz CT molecular complexity index is 733. The number of esters is 1. The fraction of sp³-hybridized carbons (Fsp3) is 0.667. The van der Waals surface area contributed by atoms with E-state index in [1.807, 2.05) is 23.9 Å². The number of H-pyrrole nitrogens is 1. The Labute approximate surface area is 173 Å². The third kappa shape index (κ3) is 6.06. The Balaban J connectivity index is 1.90. The van der Waals surface area contributed by atoms with Crippen molar-refractivity contribution in [1.82, 2.24) is 20.1 Å². The predicted octanol–water partition coefficient (Wildman–Crippen LogP) is 1.73. The summed E-state index contributed by atoms with van der Waals surface area (Å²) in [6, 6.07) is 0. The summed E-state index contributed by atoms with van der Waals surface area (Å²) in [5.74, 6) is -0.137. The number of carbonyl (C=O) groups is 3. The first-order valence-corrected chi connectivity index (χ1v) is 10.3. The highest BCUT2D eigenvalue weighted by atomic mass is 16.5. The number of nitrogens with one attached hydrogen (secondary N) is 2. The zero-order valence-corrected chi connectivity index (χ0v) is 18.3. The lowest BCUT2D eigenvalue weighted by Crippen LogP contribution is -2.40. The first-order chi connectivity index (χ1) is 13.7. The molecule has 2 heterocycles. The van der Waals surface area contributed by atoms with E-state index in [4.69, 9.17) is 4.74 Å². The van der Waals surface area contributed by atoms with E-state index in [-0.39, 0.29) is 18.4 Å². The van der Waals surface area contributed by atoms with Crippen LogP contribution in [0.25, 0.3) is 0 Å². The van der Waals surface area contributed by atoms with Gasteiger partial charge in [-0.2, -0.15) is 0 Å². The van der Waals surface area contributed by atoms with Crippen LogP contribution < -0.4 is 5.32 Å². The van der Waals surface area contributed by atoms with Gasteiger partial charge in [-0.15, -0.1) is 0 Å². The van der Waals surface area contributed by atoms with Gasteiger partial charge in [0.2, 0.25) is 5.91 Å². The number of piperidine rings is 1. The average Bonchev–Trinajstić information content (AvgIpc) is 2.96. The first kappa shape index (κ1) is 22.9. The summed E-state index contributed by atoms with van der Waals surface area (Å²) >= 11 is 0. The SMILES string of the molecule is CCOC(=O)c1[nH]c(C)c(C(=O)N2CCC(CC(=O)NCCN(C)C)CC2)c1C. The molecule has 0 aromatic carbocycles. The van der Waals surface area contributed by atoms with E-state index >= 15 is 0 Å². The quantitative estimate of drug-likeness (QED) is 0.641. The predicted molar refractivity (Wildman–Crippen MR) is 111 cm³/mol. The van der Waals surface area contributed by atoms with Crippen molar-refractivity contribution in [2.45, 2.75) is 40.0 Å². The Morgan fingerprint density at radius 1 is 1.21 bits per heavy atom. The summed E-state index contributed by atoms with van der Waals surface area (Å²) in [7, 11) is 3.95. The molecule has 0 radical (unpaired) electrons. The summed E-state index contributed by atoms with van der Waals surface area (Å²) in [5.41, 5.74) is 2.20. The molecule has 8 heteroatoms. The molecule has 2 amide bonds. The molecule has 29 heavy (non-hydrogen) atoms. The van der Waals surface area contributed by atoms with Crippen LogP contribution in [0.4, 0.5) is 0 Å². The van der Waals surface area contributed by atoms with Crippen LogP contribution in [-0.4, -0.2) is 79.4 Å². The number of rotatable bonds is 8. The van der Waals surface area contributed by atoms with Crippen LogP contribution in [0.5, 0.6) is 0 Å². The number of nitrogens with zero attached hydrogens (tertiary/aromatic N) is 2. The molecule has 0 atom stereocenters. The van der Waals surface area contributed by atoms with Gasteiger partial charge >= 0.3 is 5.97 Å². The van der Waals surface area contributed by atoms with Crippen LogP contribution in [0.2, 0.25) is 0 Å². The van der Waals surface area contributed by atoms with E-state index in [1.165, 1.54) is 0 Å². The summed E-state index contributed by atoms with van der Waals surface area (Å²) in [5, 5.41) is 2.95. The average molecular weight is 407 g/mol. The third-order valence-electron chi connectivity index (χ3n) is 5.39. The molecule has 1 saturated heterocycles. The van der Waals surface area contributed by atoms with Gasteiger partial charge in [0.1, 0.15) is 5.69 Å². The number of likely N-dealkylation sites (N-methyl/N-ethyl adjacent to an activating group) is 1. The molecule has 1 aliphatic heterocycles. The lowest BCUT2D eigenvalue weighted by molar-refractivity contribution is -0.122. The van der Waals surface area contributed by atoms with Crippen LogP contribution in [-0.2, 0) is 9.53 Å². The Kier molecular flexibility index (Phi) is 8.25. The number of aryl methyl sites for hydroxylation is 1. The van der Waals surface area contributed by atoms with Crippen molar-refractivity contribution in [1.29, 1.82) is 0 Å². The van der Waals surface area contributed by atoms with Crippen LogP contribution in [0, 0.1) is 19.8 Å². The molecule has 2 N–H and O–H groups in total. The lowest BCUT2D eigenvalue weighted by atomic mass is 9.92. The minimum Gasteiger partial charge on any atom is -0.461 e. The largest absolute Gasteiger partial charge is 0.461 e. The molecule has 0 spiro atoms. The van der Waals surface area contributed by atoms with Crippen molar-refractivity contribution in [3.8, 4) is 0 Å². The van der Waals surface area contributed by atoms with Gasteiger partial charge in [0.25, 0.3) is 5.91 Å². The molecule has 1 fully saturated rings. The van der Waals surface area contributed by atoms with Crippen LogP contribution in [0.15, 0.2) is 0 Å². The lowest BCUT2D eigenvalue weighted by Gasteiger charge is -2.32. The monoisotopic (exact) mass is 406 g/mol. The minimum absolute atomic E-state index is 0.0688. The second-order valence-electron chi connectivity index (χ2n) is 7.94. The Morgan fingerprint density at radius 3 is 2.45 bits per heavy atom. The maximum absolute atomic E-state index is 13.0. The fourth-order valence-corrected chi connectivity index (χ4v) is 3.73. The number of hydrogen-bond acceptors (Lipinski definition) is 5. The Morgan fingerprint density at radius 2 is 1.86 bits per heavy atom. The van der Waals surface area contributed by atoms with Crippen LogP contribution in [0.1, 0.15) is 58.3 Å². The Hall–Kier alpha value is -2.35. The second-order valence-corrected chi connectivity index (χ2v) is 7.94. The number of aromatic nitrogens is 1. The zero-order chi connectivity index (χ0) is 21.6. The maximum Gasteiger partial charge on any atom is 0.355 e. The summed E-state index contributed by atoms with van der Waals surface area (Å²) in [6.07, 6.45) is 2.12. The first-order valence-electron chi connectivity index (χ1n) is 10.3. The highest BCUT2D eigenvalue weighted by Crippen LogP contribution is 2.25. The van der Waals surface area contributed by atoms with Crippen LogP contribution in [0.3, 0.4) is 0 Å². The maximum atomic E-state index is 13.0. The minimum atomic E-state index is -0.439. The van der Waals surface area contributed by atoms with Crippen molar-refractivity contribution in [3.05, 3.63) is 22.5 Å². The molecule has 0 aliphatic carbocycles. The molecule has 8 nitrogen and oxygen atoms in total. The molecule has 1 aromatic heterocycles. The molecule has 0 unspecified atom stereocenters. The number of hydrogen-bond donors (Lipinski definition) is 2. The summed E-state index contributed by atoms with van der Waals surface area (Å²) in [4.78, 5) is 44.0. The second kappa shape index (κ2) is 10.4. The number of ether oxygens (including phenoxy) is 1.